The summed E-state index contributed by atoms with van der Waals surface area (Å²) in [5.74, 6) is 1.18. The molecule has 68 valence electrons. The maximum atomic E-state index is 8.54. The predicted molar refractivity (Wildman–Crippen MR) is 56.0 cm³/mol. The van der Waals surface area contributed by atoms with Gasteiger partial charge in [-0.1, -0.05) is 12.5 Å². The second-order valence-corrected chi connectivity index (χ2v) is 4.91. The summed E-state index contributed by atoms with van der Waals surface area (Å²) in [6, 6.07) is 4.24. The van der Waals surface area contributed by atoms with Gasteiger partial charge in [0.25, 0.3) is 0 Å². The lowest BCUT2D eigenvalue weighted by Gasteiger charge is -1.97. The molecule has 0 aromatic carbocycles. The Bertz CT molecular complexity index is 184. The van der Waals surface area contributed by atoms with Crippen LogP contribution in [0.15, 0.2) is 21.7 Å². The summed E-state index contributed by atoms with van der Waals surface area (Å²) in [6.07, 6.45) is 3.31. The molecule has 0 bridgehead atoms. The van der Waals surface area contributed by atoms with Crippen LogP contribution in [0.25, 0.3) is 0 Å². The molecule has 0 radical (unpaired) electrons. The lowest BCUT2D eigenvalue weighted by atomic mass is 10.3. The number of aliphatic hydroxyl groups excluding tert-OH is 1. The van der Waals surface area contributed by atoms with Crippen molar-refractivity contribution >= 4 is 23.1 Å². The smallest absolute Gasteiger partial charge is 0.0598 e. The minimum Gasteiger partial charge on any atom is -0.396 e. The Morgan fingerprint density at radius 3 is 2.92 bits per heavy atom. The van der Waals surface area contributed by atoms with Crippen molar-refractivity contribution in [3.8, 4) is 0 Å². The zero-order chi connectivity index (χ0) is 8.65. The van der Waals surface area contributed by atoms with Crippen LogP contribution in [0, 0.1) is 0 Å². The van der Waals surface area contributed by atoms with Gasteiger partial charge >= 0.3 is 0 Å². The van der Waals surface area contributed by atoms with E-state index in [4.69, 9.17) is 5.11 Å². The first-order valence-corrected chi connectivity index (χ1v) is 6.07. The van der Waals surface area contributed by atoms with E-state index in [9.17, 15) is 0 Å². The summed E-state index contributed by atoms with van der Waals surface area (Å²) in [6.45, 7) is 0.337. The molecule has 0 saturated carbocycles. The molecule has 1 aromatic rings. The van der Waals surface area contributed by atoms with E-state index in [1.807, 2.05) is 11.8 Å². The molecular formula is C9H14OS2. The molecule has 0 unspecified atom stereocenters. The Labute approximate surface area is 81.8 Å². The van der Waals surface area contributed by atoms with E-state index in [0.717, 1.165) is 12.8 Å². The summed E-state index contributed by atoms with van der Waals surface area (Å²) in [5, 5.41) is 10.7. The van der Waals surface area contributed by atoms with Crippen LogP contribution < -0.4 is 0 Å². The number of unbranched alkanes of at least 4 members (excludes halogenated alkanes) is 2. The molecule has 1 rings (SSSR count). The fourth-order valence-electron chi connectivity index (χ4n) is 0.909. The second-order valence-electron chi connectivity index (χ2n) is 2.56. The Balaban J connectivity index is 1.96. The van der Waals surface area contributed by atoms with E-state index in [0.29, 0.717) is 6.61 Å². The number of hydrogen-bond acceptors (Lipinski definition) is 3. The van der Waals surface area contributed by atoms with Crippen LogP contribution in [0.4, 0.5) is 0 Å². The molecule has 0 atom stereocenters. The van der Waals surface area contributed by atoms with E-state index in [1.165, 1.54) is 16.4 Å². The van der Waals surface area contributed by atoms with Crippen molar-refractivity contribution in [3.05, 3.63) is 17.5 Å². The molecule has 0 amide bonds. The van der Waals surface area contributed by atoms with Crippen LogP contribution in [-0.2, 0) is 0 Å². The summed E-state index contributed by atoms with van der Waals surface area (Å²) < 4.78 is 1.40. The third-order valence-corrected chi connectivity index (χ3v) is 3.76. The second kappa shape index (κ2) is 6.52. The number of rotatable bonds is 6. The summed E-state index contributed by atoms with van der Waals surface area (Å²) in [7, 11) is 0. The average molecular weight is 202 g/mol. The van der Waals surface area contributed by atoms with Crippen molar-refractivity contribution in [2.75, 3.05) is 12.4 Å². The first-order chi connectivity index (χ1) is 5.93. The molecule has 0 aliphatic heterocycles. The first kappa shape index (κ1) is 10.1. The zero-order valence-electron chi connectivity index (χ0n) is 7.03. The van der Waals surface area contributed by atoms with Crippen molar-refractivity contribution in [2.24, 2.45) is 0 Å². The standard InChI is InChI=1S/C9H14OS2/c10-6-2-1-3-7-11-9-5-4-8-12-9/h4-5,8,10H,1-3,6-7H2. The minimum absolute atomic E-state index is 0.337. The molecule has 1 nitrogen and oxygen atoms in total. The van der Waals surface area contributed by atoms with Gasteiger partial charge in [0.05, 0.1) is 4.21 Å². The van der Waals surface area contributed by atoms with Crippen LogP contribution in [0.2, 0.25) is 0 Å². The predicted octanol–water partition coefficient (Wildman–Crippen LogP) is 3.00. The van der Waals surface area contributed by atoms with Gasteiger partial charge in [-0.25, -0.2) is 0 Å². The number of aliphatic hydroxyl groups is 1. The summed E-state index contributed by atoms with van der Waals surface area (Å²) in [4.78, 5) is 0. The Morgan fingerprint density at radius 2 is 2.25 bits per heavy atom. The highest BCUT2D eigenvalue weighted by molar-refractivity contribution is 8.01. The molecule has 3 heteroatoms. The van der Waals surface area contributed by atoms with Gasteiger partial charge in [0.15, 0.2) is 0 Å². The quantitative estimate of drug-likeness (QED) is 0.565. The molecule has 1 aromatic heterocycles. The van der Waals surface area contributed by atoms with Crippen molar-refractivity contribution in [2.45, 2.75) is 23.5 Å². The van der Waals surface area contributed by atoms with Crippen LogP contribution in [-0.4, -0.2) is 17.5 Å². The van der Waals surface area contributed by atoms with Crippen LogP contribution in [0.5, 0.6) is 0 Å². The number of thiophene rings is 1. The molecule has 0 fully saturated rings. The zero-order valence-corrected chi connectivity index (χ0v) is 8.66. The van der Waals surface area contributed by atoms with E-state index < -0.39 is 0 Å². The molecule has 1 N–H and O–H groups in total. The Kier molecular flexibility index (Phi) is 5.48. The van der Waals surface area contributed by atoms with Crippen LogP contribution in [0.3, 0.4) is 0 Å². The van der Waals surface area contributed by atoms with Gasteiger partial charge in [0.1, 0.15) is 0 Å². The Morgan fingerprint density at radius 1 is 1.33 bits per heavy atom. The van der Waals surface area contributed by atoms with E-state index in [2.05, 4.69) is 17.5 Å². The highest BCUT2D eigenvalue weighted by Crippen LogP contribution is 2.24. The van der Waals surface area contributed by atoms with Gasteiger partial charge in [-0.15, -0.1) is 23.1 Å². The van der Waals surface area contributed by atoms with Gasteiger partial charge in [-0.3, -0.25) is 0 Å². The topological polar surface area (TPSA) is 20.2 Å². The van der Waals surface area contributed by atoms with E-state index in [1.54, 1.807) is 11.3 Å². The normalized spacial score (nSPS) is 10.4. The van der Waals surface area contributed by atoms with E-state index in [-0.39, 0.29) is 0 Å². The fraction of sp³-hybridized carbons (Fsp3) is 0.556. The van der Waals surface area contributed by atoms with Crippen molar-refractivity contribution in [1.82, 2.24) is 0 Å². The molecule has 0 spiro atoms. The lowest BCUT2D eigenvalue weighted by Crippen LogP contribution is -1.84. The fourth-order valence-corrected chi connectivity index (χ4v) is 2.77. The third kappa shape index (κ3) is 4.14. The molecule has 12 heavy (non-hydrogen) atoms. The molecule has 1 heterocycles. The maximum absolute atomic E-state index is 8.54. The van der Waals surface area contributed by atoms with Gasteiger partial charge in [-0.05, 0) is 30.0 Å². The first-order valence-electron chi connectivity index (χ1n) is 4.20. The number of hydrogen-bond donors (Lipinski definition) is 1. The van der Waals surface area contributed by atoms with Crippen molar-refractivity contribution < 1.29 is 5.11 Å². The van der Waals surface area contributed by atoms with Crippen LogP contribution in [0.1, 0.15) is 19.3 Å². The van der Waals surface area contributed by atoms with Crippen molar-refractivity contribution in [1.29, 1.82) is 0 Å². The maximum Gasteiger partial charge on any atom is 0.0598 e. The summed E-state index contributed by atoms with van der Waals surface area (Å²) in [5.41, 5.74) is 0. The van der Waals surface area contributed by atoms with Crippen LogP contribution >= 0.6 is 23.1 Å². The Hall–Kier alpha value is 0.01000. The molecule has 0 saturated heterocycles. The highest BCUT2D eigenvalue weighted by atomic mass is 32.2. The SMILES string of the molecule is OCCCCCSc1cccs1. The largest absolute Gasteiger partial charge is 0.396 e. The summed E-state index contributed by atoms with van der Waals surface area (Å²) >= 11 is 3.71. The minimum atomic E-state index is 0.337. The highest BCUT2D eigenvalue weighted by Gasteiger charge is 1.93. The van der Waals surface area contributed by atoms with Gasteiger partial charge < -0.3 is 5.11 Å². The molecule has 0 aliphatic rings. The lowest BCUT2D eigenvalue weighted by molar-refractivity contribution is 0.284. The molecule has 0 aliphatic carbocycles. The average Bonchev–Trinajstić information content (AvgIpc) is 2.57. The number of thioether (sulfide) groups is 1. The monoisotopic (exact) mass is 202 g/mol. The van der Waals surface area contributed by atoms with E-state index >= 15 is 0 Å². The van der Waals surface area contributed by atoms with Gasteiger partial charge in [0, 0.05) is 6.61 Å². The molecular weight excluding hydrogens is 188 g/mol. The van der Waals surface area contributed by atoms with Gasteiger partial charge in [0.2, 0.25) is 0 Å². The van der Waals surface area contributed by atoms with Crippen molar-refractivity contribution in [3.63, 3.8) is 0 Å². The third-order valence-electron chi connectivity index (χ3n) is 1.54. The van der Waals surface area contributed by atoms with Gasteiger partial charge in [-0.2, -0.15) is 0 Å².